The van der Waals surface area contributed by atoms with Crippen molar-refractivity contribution in [3.63, 3.8) is 0 Å². The van der Waals surface area contributed by atoms with Gasteiger partial charge in [0.25, 0.3) is 0 Å². The molecule has 0 atom stereocenters. The Morgan fingerprint density at radius 2 is 1.39 bits per heavy atom. The smallest absolute Gasteiger partial charge is 0.361 e. The third-order valence-electron chi connectivity index (χ3n) is 8.04. The molecule has 6 rings (SSSR count). The molecule has 9 nitrogen and oxygen atoms in total. The SMILES string of the molecule is CCCOc1ccc(-c2c3n(c4c(=O)oc5cc(OCCC)c(OC)cc5c24)CCc2cc(OC)c(OC)cc2-3)cc1OC. The molecule has 0 radical (unpaired) electrons. The van der Waals surface area contributed by atoms with Gasteiger partial charge in [-0.15, -0.1) is 0 Å². The second-order valence-corrected chi connectivity index (χ2v) is 10.7. The largest absolute Gasteiger partial charge is 0.493 e. The van der Waals surface area contributed by atoms with Crippen molar-refractivity contribution in [2.24, 2.45) is 0 Å². The molecule has 0 amide bonds. The van der Waals surface area contributed by atoms with Crippen LogP contribution in [0.15, 0.2) is 51.7 Å². The highest BCUT2D eigenvalue weighted by molar-refractivity contribution is 6.17. The Bertz CT molecular complexity index is 1920. The van der Waals surface area contributed by atoms with Gasteiger partial charge in [0.05, 0.1) is 47.3 Å². The highest BCUT2D eigenvalue weighted by Crippen LogP contribution is 2.50. The number of benzene rings is 3. The third kappa shape index (κ3) is 4.76. The quantitative estimate of drug-likeness (QED) is 0.147. The van der Waals surface area contributed by atoms with Gasteiger partial charge in [-0.3, -0.25) is 0 Å². The highest BCUT2D eigenvalue weighted by Gasteiger charge is 2.31. The van der Waals surface area contributed by atoms with Crippen LogP contribution in [0.5, 0.6) is 34.5 Å². The Morgan fingerprint density at radius 3 is 2.07 bits per heavy atom. The number of aromatic nitrogens is 1. The van der Waals surface area contributed by atoms with E-state index in [0.717, 1.165) is 51.6 Å². The van der Waals surface area contributed by atoms with E-state index in [1.165, 1.54) is 0 Å². The molecule has 0 saturated heterocycles. The van der Waals surface area contributed by atoms with Crippen molar-refractivity contribution >= 4 is 21.9 Å². The lowest BCUT2D eigenvalue weighted by molar-refractivity contribution is 0.294. The molecule has 230 valence electrons. The molecule has 0 spiro atoms. The number of fused-ring (bicyclic) bond motifs is 7. The summed E-state index contributed by atoms with van der Waals surface area (Å²) in [6.45, 7) is 5.75. The maximum atomic E-state index is 13.9. The van der Waals surface area contributed by atoms with Gasteiger partial charge >= 0.3 is 5.63 Å². The van der Waals surface area contributed by atoms with Crippen LogP contribution in [-0.2, 0) is 13.0 Å². The number of rotatable bonds is 11. The highest BCUT2D eigenvalue weighted by atomic mass is 16.5. The van der Waals surface area contributed by atoms with Crippen molar-refractivity contribution in [3.8, 4) is 56.9 Å². The van der Waals surface area contributed by atoms with Crippen LogP contribution in [0.2, 0.25) is 0 Å². The van der Waals surface area contributed by atoms with Gasteiger partial charge in [-0.1, -0.05) is 19.9 Å². The van der Waals surface area contributed by atoms with Crippen LogP contribution in [-0.4, -0.2) is 46.2 Å². The standard InChI is InChI=1S/C35H37NO8/c1-7-13-42-24-10-9-21(16-26(24)38-3)31-32-23-18-29(41-6)30(43-14-8-2)19-25(23)44-35(37)34(32)36-12-11-20-15-27(39-4)28(40-5)17-22(20)33(31)36/h9-10,15-19H,7-8,11-14H2,1-6H3. The molecule has 5 aromatic rings. The molecule has 9 heteroatoms. The minimum absolute atomic E-state index is 0.418. The zero-order valence-electron chi connectivity index (χ0n) is 26.0. The van der Waals surface area contributed by atoms with Crippen LogP contribution >= 0.6 is 0 Å². The molecule has 0 bridgehead atoms. The third-order valence-corrected chi connectivity index (χ3v) is 8.04. The molecule has 0 saturated carbocycles. The fourth-order valence-corrected chi connectivity index (χ4v) is 6.07. The van der Waals surface area contributed by atoms with E-state index in [9.17, 15) is 4.79 Å². The van der Waals surface area contributed by atoms with Crippen LogP contribution in [0.4, 0.5) is 0 Å². The molecule has 44 heavy (non-hydrogen) atoms. The number of hydrogen-bond acceptors (Lipinski definition) is 8. The topological polar surface area (TPSA) is 90.5 Å². The summed E-state index contributed by atoms with van der Waals surface area (Å²) in [5, 5.41) is 1.50. The molecule has 1 aliphatic heterocycles. The van der Waals surface area contributed by atoms with Gasteiger partial charge in [0.15, 0.2) is 34.5 Å². The monoisotopic (exact) mass is 599 g/mol. The fourth-order valence-electron chi connectivity index (χ4n) is 6.07. The van der Waals surface area contributed by atoms with Gasteiger partial charge in [0.2, 0.25) is 0 Å². The summed E-state index contributed by atoms with van der Waals surface area (Å²) in [4.78, 5) is 13.9. The molecular weight excluding hydrogens is 562 g/mol. The average molecular weight is 600 g/mol. The number of aryl methyl sites for hydroxylation is 2. The van der Waals surface area contributed by atoms with Crippen LogP contribution in [0, 0.1) is 0 Å². The summed E-state index contributed by atoms with van der Waals surface area (Å²) < 4.78 is 42.9. The first-order chi connectivity index (χ1) is 21.5. The Balaban J connectivity index is 1.74. The normalized spacial score (nSPS) is 12.1. The lowest BCUT2D eigenvalue weighted by atomic mass is 9.91. The van der Waals surface area contributed by atoms with Crippen molar-refractivity contribution < 1.29 is 32.8 Å². The maximum Gasteiger partial charge on any atom is 0.361 e. The predicted octanol–water partition coefficient (Wildman–Crippen LogP) is 7.25. The van der Waals surface area contributed by atoms with E-state index in [1.807, 2.05) is 43.3 Å². The lowest BCUT2D eigenvalue weighted by Gasteiger charge is -2.23. The van der Waals surface area contributed by atoms with Gasteiger partial charge in [-0.25, -0.2) is 4.79 Å². The molecule has 1 aliphatic rings. The summed E-state index contributed by atoms with van der Waals surface area (Å²) in [7, 11) is 6.49. The van der Waals surface area contributed by atoms with E-state index in [2.05, 4.69) is 11.5 Å². The van der Waals surface area contributed by atoms with E-state index in [-0.39, 0.29) is 0 Å². The first kappa shape index (κ1) is 29.3. The first-order valence-corrected chi connectivity index (χ1v) is 14.9. The molecule has 0 unspecified atom stereocenters. The Morgan fingerprint density at radius 1 is 0.750 bits per heavy atom. The van der Waals surface area contributed by atoms with Crippen LogP contribution in [0.1, 0.15) is 32.3 Å². The summed E-state index contributed by atoms with van der Waals surface area (Å²) >= 11 is 0. The zero-order chi connectivity index (χ0) is 31.0. The van der Waals surface area contributed by atoms with Crippen molar-refractivity contribution in [3.05, 3.63) is 58.4 Å². The minimum Gasteiger partial charge on any atom is -0.493 e. The molecule has 0 N–H and O–H groups in total. The van der Waals surface area contributed by atoms with Gasteiger partial charge in [0.1, 0.15) is 11.1 Å². The maximum absolute atomic E-state index is 13.9. The van der Waals surface area contributed by atoms with Crippen molar-refractivity contribution in [1.82, 2.24) is 4.57 Å². The zero-order valence-corrected chi connectivity index (χ0v) is 26.0. The first-order valence-electron chi connectivity index (χ1n) is 14.9. The molecule has 3 heterocycles. The van der Waals surface area contributed by atoms with Crippen molar-refractivity contribution in [2.75, 3.05) is 41.7 Å². The second kappa shape index (κ2) is 12.1. The molecular formula is C35H37NO8. The summed E-state index contributed by atoms with van der Waals surface area (Å²) in [5.41, 5.74) is 5.14. The number of nitrogens with zero attached hydrogens (tertiary/aromatic N) is 1. The number of methoxy groups -OCH3 is 4. The lowest BCUT2D eigenvalue weighted by Crippen LogP contribution is -2.15. The number of ether oxygens (including phenoxy) is 6. The van der Waals surface area contributed by atoms with Gasteiger partial charge < -0.3 is 37.4 Å². The van der Waals surface area contributed by atoms with Gasteiger partial charge in [-0.05, 0) is 60.7 Å². The Kier molecular flexibility index (Phi) is 8.03. The average Bonchev–Trinajstić information content (AvgIpc) is 3.41. The van der Waals surface area contributed by atoms with Crippen LogP contribution < -0.4 is 34.0 Å². The van der Waals surface area contributed by atoms with E-state index < -0.39 is 5.63 Å². The molecule has 3 aromatic carbocycles. The summed E-state index contributed by atoms with van der Waals surface area (Å²) in [6.07, 6.45) is 2.40. The van der Waals surface area contributed by atoms with E-state index in [1.54, 1.807) is 34.5 Å². The molecule has 0 fully saturated rings. The van der Waals surface area contributed by atoms with Crippen LogP contribution in [0.25, 0.3) is 44.3 Å². The van der Waals surface area contributed by atoms with E-state index in [0.29, 0.717) is 71.8 Å². The molecule has 2 aromatic heterocycles. The Labute approximate surface area is 255 Å². The minimum atomic E-state index is -0.426. The summed E-state index contributed by atoms with van der Waals surface area (Å²) in [5.74, 6) is 3.61. The van der Waals surface area contributed by atoms with Crippen molar-refractivity contribution in [2.45, 2.75) is 39.7 Å². The van der Waals surface area contributed by atoms with Crippen molar-refractivity contribution in [1.29, 1.82) is 0 Å². The Hall–Kier alpha value is -4.79. The van der Waals surface area contributed by atoms with Crippen LogP contribution in [0.3, 0.4) is 0 Å². The predicted molar refractivity (Wildman–Crippen MR) is 170 cm³/mol. The van der Waals surface area contributed by atoms with Gasteiger partial charge in [0, 0.05) is 34.5 Å². The van der Waals surface area contributed by atoms with E-state index >= 15 is 0 Å². The van der Waals surface area contributed by atoms with Gasteiger partial charge in [-0.2, -0.15) is 0 Å². The number of hydrogen-bond donors (Lipinski definition) is 0. The second-order valence-electron chi connectivity index (χ2n) is 10.7. The summed E-state index contributed by atoms with van der Waals surface area (Å²) in [6, 6.07) is 13.5. The van der Waals surface area contributed by atoms with E-state index in [4.69, 9.17) is 32.8 Å². The fraction of sp³-hybridized carbons (Fsp3) is 0.343. The molecule has 0 aliphatic carbocycles.